The Morgan fingerprint density at radius 1 is 1.30 bits per heavy atom. The van der Waals surface area contributed by atoms with E-state index in [1.165, 1.54) is 36.0 Å². The van der Waals surface area contributed by atoms with Crippen molar-refractivity contribution in [1.29, 1.82) is 0 Å². The molecule has 0 amide bonds. The fraction of sp³-hybridized carbons (Fsp3) is 0.438. The van der Waals surface area contributed by atoms with Gasteiger partial charge in [-0.25, -0.2) is 0 Å². The normalized spacial score (nSPS) is 15.3. The first kappa shape index (κ1) is 13.3. The second kappa shape index (κ2) is 5.38. The zero-order chi connectivity index (χ0) is 14.1. The van der Waals surface area contributed by atoms with Crippen LogP contribution in [0.2, 0.25) is 0 Å². The summed E-state index contributed by atoms with van der Waals surface area (Å²) in [6.45, 7) is 2.01. The van der Waals surface area contributed by atoms with Crippen LogP contribution < -0.4 is 11.3 Å². The lowest BCUT2D eigenvalue weighted by Crippen LogP contribution is -2.31. The number of hydrazine groups is 1. The average molecular weight is 270 g/mol. The molecule has 1 atom stereocenters. The summed E-state index contributed by atoms with van der Waals surface area (Å²) in [4.78, 5) is 0. The van der Waals surface area contributed by atoms with Crippen molar-refractivity contribution in [3.8, 4) is 0 Å². The maximum atomic E-state index is 5.75. The van der Waals surface area contributed by atoms with E-state index in [0.29, 0.717) is 0 Å². The number of nitrogens with zero attached hydrogens (tertiary/aromatic N) is 2. The average Bonchev–Trinajstić information content (AvgIpc) is 3.01. The number of nitrogens with two attached hydrogens (primary N) is 1. The van der Waals surface area contributed by atoms with Gasteiger partial charge in [0.25, 0.3) is 0 Å². The van der Waals surface area contributed by atoms with E-state index in [9.17, 15) is 0 Å². The fourth-order valence-electron chi connectivity index (χ4n) is 3.19. The number of hydrogen-bond acceptors (Lipinski definition) is 3. The number of hydrogen-bond donors (Lipinski definition) is 2. The molecule has 0 fully saturated rings. The second-order valence-corrected chi connectivity index (χ2v) is 5.71. The molecule has 4 heteroatoms. The van der Waals surface area contributed by atoms with Gasteiger partial charge < -0.3 is 0 Å². The molecular formula is C16H22N4. The smallest absolute Gasteiger partial charge is 0.0669 e. The molecule has 1 heterocycles. The van der Waals surface area contributed by atoms with Gasteiger partial charge in [-0.05, 0) is 55.4 Å². The summed E-state index contributed by atoms with van der Waals surface area (Å²) in [5, 5.41) is 4.40. The van der Waals surface area contributed by atoms with Crippen molar-refractivity contribution >= 4 is 0 Å². The molecule has 106 valence electrons. The lowest BCUT2D eigenvalue weighted by atomic mass is 9.99. The van der Waals surface area contributed by atoms with Crippen LogP contribution in [0, 0.1) is 6.92 Å². The van der Waals surface area contributed by atoms with Gasteiger partial charge in [0, 0.05) is 7.05 Å². The SMILES string of the molecule is Cc1cc(C(Cc2ccc3c(c2)CCC3)NN)n(C)n1. The van der Waals surface area contributed by atoms with Gasteiger partial charge >= 0.3 is 0 Å². The van der Waals surface area contributed by atoms with E-state index in [1.807, 2.05) is 18.7 Å². The van der Waals surface area contributed by atoms with Gasteiger partial charge in [0.2, 0.25) is 0 Å². The van der Waals surface area contributed by atoms with Gasteiger partial charge in [-0.2, -0.15) is 5.10 Å². The van der Waals surface area contributed by atoms with Crippen LogP contribution in [-0.2, 0) is 26.3 Å². The van der Waals surface area contributed by atoms with Crippen LogP contribution >= 0.6 is 0 Å². The van der Waals surface area contributed by atoms with Crippen molar-refractivity contribution < 1.29 is 0 Å². The molecule has 3 N–H and O–H groups in total. The molecule has 1 aromatic carbocycles. The zero-order valence-electron chi connectivity index (χ0n) is 12.2. The molecule has 0 saturated heterocycles. The number of aromatic nitrogens is 2. The Balaban J connectivity index is 1.83. The summed E-state index contributed by atoms with van der Waals surface area (Å²) in [5.41, 5.74) is 9.45. The highest BCUT2D eigenvalue weighted by atomic mass is 15.3. The predicted molar refractivity (Wildman–Crippen MR) is 80.2 cm³/mol. The topological polar surface area (TPSA) is 55.9 Å². The third-order valence-electron chi connectivity index (χ3n) is 4.20. The molecule has 0 radical (unpaired) electrons. The van der Waals surface area contributed by atoms with E-state index in [4.69, 9.17) is 5.84 Å². The molecule has 2 aromatic rings. The lowest BCUT2D eigenvalue weighted by molar-refractivity contribution is 0.508. The summed E-state index contributed by atoms with van der Waals surface area (Å²) >= 11 is 0. The Morgan fingerprint density at radius 2 is 2.10 bits per heavy atom. The molecule has 4 nitrogen and oxygen atoms in total. The van der Waals surface area contributed by atoms with Gasteiger partial charge in [-0.15, -0.1) is 0 Å². The van der Waals surface area contributed by atoms with Gasteiger partial charge in [0.05, 0.1) is 17.4 Å². The zero-order valence-corrected chi connectivity index (χ0v) is 12.2. The van der Waals surface area contributed by atoms with Crippen LogP contribution in [0.1, 0.15) is 40.5 Å². The van der Waals surface area contributed by atoms with Crippen molar-refractivity contribution in [3.63, 3.8) is 0 Å². The monoisotopic (exact) mass is 270 g/mol. The molecule has 0 bridgehead atoms. The maximum Gasteiger partial charge on any atom is 0.0669 e. The first-order chi connectivity index (χ1) is 9.67. The molecule has 20 heavy (non-hydrogen) atoms. The van der Waals surface area contributed by atoms with Crippen LogP contribution in [0.5, 0.6) is 0 Å². The van der Waals surface area contributed by atoms with Crippen LogP contribution in [0.15, 0.2) is 24.3 Å². The molecule has 3 rings (SSSR count). The van der Waals surface area contributed by atoms with Crippen LogP contribution in [-0.4, -0.2) is 9.78 Å². The number of rotatable bonds is 4. The molecular weight excluding hydrogens is 248 g/mol. The summed E-state index contributed by atoms with van der Waals surface area (Å²) in [5.74, 6) is 5.75. The van der Waals surface area contributed by atoms with E-state index in [1.54, 1.807) is 0 Å². The van der Waals surface area contributed by atoms with Gasteiger partial charge in [0.15, 0.2) is 0 Å². The number of fused-ring (bicyclic) bond motifs is 1. The minimum absolute atomic E-state index is 0.0978. The highest BCUT2D eigenvalue weighted by molar-refractivity contribution is 5.36. The van der Waals surface area contributed by atoms with E-state index in [0.717, 1.165) is 17.8 Å². The highest BCUT2D eigenvalue weighted by Gasteiger charge is 2.17. The van der Waals surface area contributed by atoms with Gasteiger partial charge in [0.1, 0.15) is 0 Å². The Labute approximate surface area is 120 Å². The molecule has 1 aromatic heterocycles. The fourth-order valence-corrected chi connectivity index (χ4v) is 3.19. The minimum Gasteiger partial charge on any atom is -0.271 e. The van der Waals surface area contributed by atoms with E-state index in [-0.39, 0.29) is 6.04 Å². The largest absolute Gasteiger partial charge is 0.271 e. The Bertz CT molecular complexity index is 615. The van der Waals surface area contributed by atoms with Crippen LogP contribution in [0.4, 0.5) is 0 Å². The van der Waals surface area contributed by atoms with Crippen molar-refractivity contribution in [2.45, 2.75) is 38.6 Å². The van der Waals surface area contributed by atoms with Crippen LogP contribution in [0.3, 0.4) is 0 Å². The Morgan fingerprint density at radius 3 is 2.80 bits per heavy atom. The predicted octanol–water partition coefficient (Wildman–Crippen LogP) is 1.96. The van der Waals surface area contributed by atoms with Gasteiger partial charge in [-0.1, -0.05) is 18.2 Å². The Hall–Kier alpha value is -1.65. The van der Waals surface area contributed by atoms with Crippen molar-refractivity contribution in [2.75, 3.05) is 0 Å². The molecule has 0 aliphatic heterocycles. The first-order valence-electron chi connectivity index (χ1n) is 7.24. The number of aryl methyl sites for hydroxylation is 4. The summed E-state index contributed by atoms with van der Waals surface area (Å²) in [7, 11) is 1.97. The summed E-state index contributed by atoms with van der Waals surface area (Å²) in [6.07, 6.45) is 4.63. The lowest BCUT2D eigenvalue weighted by Gasteiger charge is -2.17. The van der Waals surface area contributed by atoms with E-state index in [2.05, 4.69) is 34.8 Å². The standard InChI is InChI=1S/C16H22N4/c1-11-8-16(20(2)19-11)15(18-17)10-12-6-7-13-4-3-5-14(13)9-12/h6-9,15,18H,3-5,10,17H2,1-2H3. The van der Waals surface area contributed by atoms with Crippen molar-refractivity contribution in [2.24, 2.45) is 12.9 Å². The van der Waals surface area contributed by atoms with Gasteiger partial charge in [-0.3, -0.25) is 16.0 Å². The summed E-state index contributed by atoms with van der Waals surface area (Å²) < 4.78 is 1.91. The number of benzene rings is 1. The number of nitrogens with one attached hydrogen (secondary N) is 1. The van der Waals surface area contributed by atoms with Crippen molar-refractivity contribution in [3.05, 3.63) is 52.3 Å². The maximum absolute atomic E-state index is 5.75. The van der Waals surface area contributed by atoms with E-state index >= 15 is 0 Å². The molecule has 1 unspecified atom stereocenters. The highest BCUT2D eigenvalue weighted by Crippen LogP contribution is 2.25. The summed E-state index contributed by atoms with van der Waals surface area (Å²) in [6, 6.07) is 9.05. The molecule has 1 aliphatic carbocycles. The molecule has 1 aliphatic rings. The third kappa shape index (κ3) is 2.49. The van der Waals surface area contributed by atoms with Crippen LogP contribution in [0.25, 0.3) is 0 Å². The second-order valence-electron chi connectivity index (χ2n) is 5.71. The van der Waals surface area contributed by atoms with Crippen molar-refractivity contribution in [1.82, 2.24) is 15.2 Å². The quantitative estimate of drug-likeness (QED) is 0.659. The molecule has 0 saturated carbocycles. The molecule has 0 spiro atoms. The third-order valence-corrected chi connectivity index (χ3v) is 4.20. The minimum atomic E-state index is 0.0978. The first-order valence-corrected chi connectivity index (χ1v) is 7.24. The Kier molecular flexibility index (Phi) is 3.59. The van der Waals surface area contributed by atoms with E-state index < -0.39 is 0 Å².